The highest BCUT2D eigenvalue weighted by Crippen LogP contribution is 2.89. The van der Waals surface area contributed by atoms with Crippen molar-refractivity contribution in [1.29, 1.82) is 10.5 Å². The Kier molecular flexibility index (Phi) is 2.55. The summed E-state index contributed by atoms with van der Waals surface area (Å²) in [4.78, 5) is 4.37. The molecule has 2 aliphatic carbocycles. The van der Waals surface area contributed by atoms with E-state index in [-0.39, 0.29) is 11.9 Å². The molecular formula is C16H20N4O2. The SMILES string of the molecule is C[C@@H]1CO[C@]2(N=C(N)[C@@]3(C#N)C4(CCCCCC4)[C@@]23C#N)O1. The topological polar surface area (TPSA) is 104 Å². The summed E-state index contributed by atoms with van der Waals surface area (Å²) in [6.07, 6.45) is 5.75. The molecular weight excluding hydrogens is 280 g/mol. The van der Waals surface area contributed by atoms with Crippen LogP contribution < -0.4 is 5.73 Å². The average Bonchev–Trinajstić information content (AvgIpc) is 2.88. The fourth-order valence-electron chi connectivity index (χ4n) is 5.41. The molecule has 3 fully saturated rings. The first-order chi connectivity index (χ1) is 10.6. The zero-order valence-electron chi connectivity index (χ0n) is 12.8. The van der Waals surface area contributed by atoms with Crippen LogP contribution in [-0.4, -0.2) is 24.5 Å². The smallest absolute Gasteiger partial charge is 0.293 e. The van der Waals surface area contributed by atoms with Crippen LogP contribution in [0.25, 0.3) is 0 Å². The van der Waals surface area contributed by atoms with Crippen molar-refractivity contribution in [2.45, 2.75) is 57.5 Å². The van der Waals surface area contributed by atoms with Gasteiger partial charge in [-0.15, -0.1) is 0 Å². The van der Waals surface area contributed by atoms with Gasteiger partial charge in [-0.25, -0.2) is 4.99 Å². The Bertz CT molecular complexity index is 640. The minimum atomic E-state index is -1.38. The van der Waals surface area contributed by atoms with Crippen molar-refractivity contribution >= 4 is 5.84 Å². The number of nitriles is 2. The van der Waals surface area contributed by atoms with E-state index in [0.717, 1.165) is 38.5 Å². The van der Waals surface area contributed by atoms with Gasteiger partial charge in [0.25, 0.3) is 5.91 Å². The molecule has 0 unspecified atom stereocenters. The summed E-state index contributed by atoms with van der Waals surface area (Å²) in [7, 11) is 0. The molecule has 0 bridgehead atoms. The summed E-state index contributed by atoms with van der Waals surface area (Å²) >= 11 is 0. The molecule has 2 aliphatic heterocycles. The quantitative estimate of drug-likeness (QED) is 0.734. The minimum absolute atomic E-state index is 0.153. The van der Waals surface area contributed by atoms with E-state index in [0.29, 0.717) is 6.61 Å². The standard InChI is InChI=1S/C16H20N4O2/c1-11-8-21-16(22-11)15(10-18)13(6-4-2-3-5-7-13)14(15,9-17)12(19)20-16/h11H,2-8H2,1H3,(H2,19,20)/t11-,14+,15-,16+/m1/s1. The molecule has 0 aromatic rings. The second-order valence-corrected chi connectivity index (χ2v) is 7.04. The Morgan fingerprint density at radius 2 is 1.86 bits per heavy atom. The maximum atomic E-state index is 10.1. The number of ether oxygens (including phenoxy) is 2. The third-order valence-corrected chi connectivity index (χ3v) is 6.23. The van der Waals surface area contributed by atoms with Crippen molar-refractivity contribution in [2.24, 2.45) is 27.0 Å². The Balaban J connectivity index is 1.92. The van der Waals surface area contributed by atoms with Gasteiger partial charge in [0.15, 0.2) is 5.41 Å². The van der Waals surface area contributed by atoms with Gasteiger partial charge >= 0.3 is 0 Å². The molecule has 0 aromatic heterocycles. The highest BCUT2D eigenvalue weighted by atomic mass is 16.8. The van der Waals surface area contributed by atoms with Gasteiger partial charge in [0, 0.05) is 5.41 Å². The number of aliphatic imine (C=N–C) groups is 1. The number of hydrogen-bond acceptors (Lipinski definition) is 6. The van der Waals surface area contributed by atoms with Crippen LogP contribution in [0.3, 0.4) is 0 Å². The predicted molar refractivity (Wildman–Crippen MR) is 77.1 cm³/mol. The molecule has 116 valence electrons. The van der Waals surface area contributed by atoms with Crippen LogP contribution in [0.5, 0.6) is 0 Å². The van der Waals surface area contributed by atoms with Crippen LogP contribution in [0, 0.1) is 38.9 Å². The predicted octanol–water partition coefficient (Wildman–Crippen LogP) is 1.82. The lowest BCUT2D eigenvalue weighted by Gasteiger charge is -2.31. The maximum absolute atomic E-state index is 10.1. The largest absolute Gasteiger partial charge is 0.386 e. The van der Waals surface area contributed by atoms with Crippen molar-refractivity contribution < 1.29 is 9.47 Å². The van der Waals surface area contributed by atoms with Gasteiger partial charge in [0.2, 0.25) is 0 Å². The summed E-state index contributed by atoms with van der Waals surface area (Å²) in [6, 6.07) is 4.78. The highest BCUT2D eigenvalue weighted by molar-refractivity contribution is 6.00. The lowest BCUT2D eigenvalue weighted by atomic mass is 9.83. The number of rotatable bonds is 0. The molecule has 6 heteroatoms. The van der Waals surface area contributed by atoms with E-state index in [1.165, 1.54) is 0 Å². The fourth-order valence-corrected chi connectivity index (χ4v) is 5.41. The van der Waals surface area contributed by atoms with Crippen LogP contribution in [0.4, 0.5) is 0 Å². The molecule has 2 spiro atoms. The van der Waals surface area contributed by atoms with E-state index >= 15 is 0 Å². The Morgan fingerprint density at radius 3 is 2.36 bits per heavy atom. The van der Waals surface area contributed by atoms with Gasteiger partial charge in [0.05, 0.1) is 24.8 Å². The van der Waals surface area contributed by atoms with Crippen molar-refractivity contribution in [3.63, 3.8) is 0 Å². The molecule has 22 heavy (non-hydrogen) atoms. The minimum Gasteiger partial charge on any atom is -0.386 e. The van der Waals surface area contributed by atoms with Crippen molar-refractivity contribution in [3.8, 4) is 12.1 Å². The molecule has 1 saturated heterocycles. The first-order valence-corrected chi connectivity index (χ1v) is 8.06. The van der Waals surface area contributed by atoms with Crippen LogP contribution in [0.1, 0.15) is 45.4 Å². The fraction of sp³-hybridized carbons (Fsp3) is 0.812. The summed E-state index contributed by atoms with van der Waals surface area (Å²) in [5.41, 5.74) is 3.57. The summed E-state index contributed by atoms with van der Waals surface area (Å²) < 4.78 is 11.8. The van der Waals surface area contributed by atoms with E-state index in [1.807, 2.05) is 6.92 Å². The average molecular weight is 300 g/mol. The molecule has 2 saturated carbocycles. The summed E-state index contributed by atoms with van der Waals surface area (Å²) in [6.45, 7) is 2.26. The van der Waals surface area contributed by atoms with Crippen molar-refractivity contribution in [2.75, 3.05) is 6.61 Å². The normalized spacial score (nSPS) is 48.3. The van der Waals surface area contributed by atoms with Crippen LogP contribution in [0.2, 0.25) is 0 Å². The number of amidine groups is 1. The van der Waals surface area contributed by atoms with Crippen molar-refractivity contribution in [3.05, 3.63) is 0 Å². The first kappa shape index (κ1) is 14.0. The molecule has 2 heterocycles. The van der Waals surface area contributed by atoms with E-state index in [9.17, 15) is 10.5 Å². The van der Waals surface area contributed by atoms with E-state index < -0.39 is 22.2 Å². The molecule has 0 amide bonds. The van der Waals surface area contributed by atoms with Crippen LogP contribution >= 0.6 is 0 Å². The number of nitrogens with zero attached hydrogens (tertiary/aromatic N) is 3. The molecule has 4 rings (SSSR count). The second kappa shape index (κ2) is 4.01. The zero-order chi connectivity index (χ0) is 15.6. The highest BCUT2D eigenvalue weighted by Gasteiger charge is 3.00. The van der Waals surface area contributed by atoms with Gasteiger partial charge < -0.3 is 15.2 Å². The van der Waals surface area contributed by atoms with Gasteiger partial charge in [0.1, 0.15) is 11.3 Å². The van der Waals surface area contributed by atoms with Crippen LogP contribution in [-0.2, 0) is 9.47 Å². The number of nitrogens with two attached hydrogens (primary N) is 1. The van der Waals surface area contributed by atoms with Gasteiger partial charge in [-0.2, -0.15) is 10.5 Å². The number of fused-ring (bicyclic) bond motifs is 4. The lowest BCUT2D eigenvalue weighted by Crippen LogP contribution is -2.42. The first-order valence-electron chi connectivity index (χ1n) is 8.06. The molecule has 4 aliphatic rings. The zero-order valence-corrected chi connectivity index (χ0v) is 12.8. The molecule has 4 atom stereocenters. The van der Waals surface area contributed by atoms with Gasteiger partial charge in [-0.3, -0.25) is 0 Å². The Labute approximate surface area is 129 Å². The molecule has 0 radical (unpaired) electrons. The van der Waals surface area contributed by atoms with E-state index in [1.54, 1.807) is 0 Å². The summed E-state index contributed by atoms with van der Waals surface area (Å²) in [5, 5.41) is 20.1. The third-order valence-electron chi connectivity index (χ3n) is 6.23. The molecule has 6 nitrogen and oxygen atoms in total. The van der Waals surface area contributed by atoms with Crippen molar-refractivity contribution in [1.82, 2.24) is 0 Å². The monoisotopic (exact) mass is 300 g/mol. The Morgan fingerprint density at radius 1 is 1.18 bits per heavy atom. The molecule has 0 aromatic carbocycles. The van der Waals surface area contributed by atoms with Gasteiger partial charge in [-0.1, -0.05) is 25.7 Å². The van der Waals surface area contributed by atoms with Gasteiger partial charge in [-0.05, 0) is 19.8 Å². The van der Waals surface area contributed by atoms with E-state index in [4.69, 9.17) is 15.2 Å². The summed E-state index contributed by atoms with van der Waals surface area (Å²) in [5.74, 6) is -1.15. The second-order valence-electron chi connectivity index (χ2n) is 7.04. The van der Waals surface area contributed by atoms with Crippen LogP contribution in [0.15, 0.2) is 4.99 Å². The number of hydrogen-bond donors (Lipinski definition) is 1. The van der Waals surface area contributed by atoms with E-state index in [2.05, 4.69) is 17.1 Å². The lowest BCUT2D eigenvalue weighted by molar-refractivity contribution is -0.201. The Hall–Kier alpha value is -1.63. The molecule has 2 N–H and O–H groups in total. The maximum Gasteiger partial charge on any atom is 0.293 e. The third kappa shape index (κ3) is 1.09.